The van der Waals surface area contributed by atoms with Crippen LogP contribution in [0, 0.1) is 11.3 Å². The van der Waals surface area contributed by atoms with Crippen molar-refractivity contribution in [2.75, 3.05) is 26.6 Å². The van der Waals surface area contributed by atoms with Crippen LogP contribution >= 0.6 is 23.4 Å². The molecule has 0 fully saturated rings. The highest BCUT2D eigenvalue weighted by Gasteiger charge is 2.21. The fourth-order valence-corrected chi connectivity index (χ4v) is 4.45. The van der Waals surface area contributed by atoms with E-state index >= 15 is 0 Å². The molecule has 7 nitrogen and oxygen atoms in total. The monoisotopic (exact) mass is 518 g/mol. The fraction of sp³-hybridized carbons (Fsp3) is 0.148. The van der Waals surface area contributed by atoms with E-state index in [0.717, 1.165) is 11.3 Å². The number of halogens is 1. The lowest BCUT2D eigenvalue weighted by Crippen LogP contribution is -2.04. The largest absolute Gasteiger partial charge is 0.493 e. The number of nitrogens with zero attached hydrogens (tertiary/aromatic N) is 3. The van der Waals surface area contributed by atoms with Gasteiger partial charge in [0, 0.05) is 22.0 Å². The first-order chi connectivity index (χ1) is 17.6. The molecule has 36 heavy (non-hydrogen) atoms. The maximum absolute atomic E-state index is 10.2. The third-order valence-corrected chi connectivity index (χ3v) is 6.43. The molecule has 0 aliphatic rings. The van der Waals surface area contributed by atoms with Gasteiger partial charge in [-0.15, -0.1) is 0 Å². The first-order valence-corrected chi connectivity index (χ1v) is 12.2. The van der Waals surface area contributed by atoms with Crippen LogP contribution in [-0.2, 0) is 5.75 Å². The van der Waals surface area contributed by atoms with Crippen molar-refractivity contribution in [3.8, 4) is 34.6 Å². The molecule has 3 aromatic carbocycles. The van der Waals surface area contributed by atoms with E-state index in [1.54, 1.807) is 38.5 Å². The second-order valence-electron chi connectivity index (χ2n) is 7.51. The van der Waals surface area contributed by atoms with Gasteiger partial charge in [0.25, 0.3) is 0 Å². The van der Waals surface area contributed by atoms with Gasteiger partial charge < -0.3 is 19.5 Å². The molecule has 0 saturated heterocycles. The molecule has 182 valence electrons. The molecule has 0 saturated carbocycles. The minimum atomic E-state index is 0.281. The SMILES string of the molecule is COc1cc(-c2nc(SCc3ccccc3)nc(Nc3ccc(Cl)cc3)c2C#N)cc(OC)c1OC. The summed E-state index contributed by atoms with van der Waals surface area (Å²) in [5, 5.41) is 14.5. The molecular weight excluding hydrogens is 496 g/mol. The van der Waals surface area contributed by atoms with E-state index in [1.165, 1.54) is 18.9 Å². The van der Waals surface area contributed by atoms with E-state index in [1.807, 2.05) is 42.5 Å². The predicted molar refractivity (Wildman–Crippen MR) is 143 cm³/mol. The van der Waals surface area contributed by atoms with Crippen molar-refractivity contribution in [1.82, 2.24) is 9.97 Å². The van der Waals surface area contributed by atoms with E-state index < -0.39 is 0 Å². The van der Waals surface area contributed by atoms with Gasteiger partial charge in [0.15, 0.2) is 22.5 Å². The van der Waals surface area contributed by atoms with Gasteiger partial charge in [0.1, 0.15) is 11.6 Å². The Morgan fingerprint density at radius 2 is 1.58 bits per heavy atom. The molecule has 0 bridgehead atoms. The van der Waals surface area contributed by atoms with Gasteiger partial charge in [-0.3, -0.25) is 0 Å². The summed E-state index contributed by atoms with van der Waals surface area (Å²) in [6.45, 7) is 0. The van der Waals surface area contributed by atoms with Crippen molar-refractivity contribution >= 4 is 34.9 Å². The maximum atomic E-state index is 10.2. The lowest BCUT2D eigenvalue weighted by Gasteiger charge is -2.16. The van der Waals surface area contributed by atoms with Crippen molar-refractivity contribution in [3.63, 3.8) is 0 Å². The van der Waals surface area contributed by atoms with Crippen LogP contribution in [0.15, 0.2) is 71.9 Å². The highest BCUT2D eigenvalue weighted by molar-refractivity contribution is 7.98. The molecule has 0 amide bonds. The quantitative estimate of drug-likeness (QED) is 0.193. The molecule has 0 atom stereocenters. The molecule has 1 N–H and O–H groups in total. The van der Waals surface area contributed by atoms with Crippen LogP contribution in [0.5, 0.6) is 17.2 Å². The molecule has 0 radical (unpaired) electrons. The smallest absolute Gasteiger partial charge is 0.203 e. The average Bonchev–Trinajstić information content (AvgIpc) is 2.92. The molecule has 0 unspecified atom stereocenters. The van der Waals surface area contributed by atoms with Crippen molar-refractivity contribution < 1.29 is 14.2 Å². The number of thioether (sulfide) groups is 1. The molecule has 4 aromatic rings. The number of nitrogens with one attached hydrogen (secondary N) is 1. The standard InChI is InChI=1S/C27H23ClN4O3S/c1-33-22-13-18(14-23(34-2)25(22)35-3)24-21(15-29)26(30-20-11-9-19(28)10-12-20)32-27(31-24)36-16-17-7-5-4-6-8-17/h4-14H,16H2,1-3H3,(H,30,31,32). The van der Waals surface area contributed by atoms with E-state index in [4.69, 9.17) is 30.8 Å². The molecule has 0 spiro atoms. The van der Waals surface area contributed by atoms with Crippen molar-refractivity contribution in [1.29, 1.82) is 5.26 Å². The zero-order chi connectivity index (χ0) is 25.5. The summed E-state index contributed by atoms with van der Waals surface area (Å²) >= 11 is 7.52. The third kappa shape index (κ3) is 5.65. The average molecular weight is 519 g/mol. The number of aromatic nitrogens is 2. The number of anilines is 2. The van der Waals surface area contributed by atoms with Crippen LogP contribution in [0.1, 0.15) is 11.1 Å². The molecule has 1 aromatic heterocycles. The van der Waals surface area contributed by atoms with E-state index in [0.29, 0.717) is 50.3 Å². The van der Waals surface area contributed by atoms with Gasteiger partial charge in [0.05, 0.1) is 27.0 Å². The van der Waals surface area contributed by atoms with Crippen LogP contribution in [0.2, 0.25) is 5.02 Å². The Balaban J connectivity index is 1.84. The van der Waals surface area contributed by atoms with Gasteiger partial charge in [-0.05, 0) is 42.0 Å². The summed E-state index contributed by atoms with van der Waals surface area (Å²) < 4.78 is 16.5. The summed E-state index contributed by atoms with van der Waals surface area (Å²) in [6.07, 6.45) is 0. The summed E-state index contributed by atoms with van der Waals surface area (Å²) in [4.78, 5) is 9.45. The topological polar surface area (TPSA) is 89.3 Å². The highest BCUT2D eigenvalue weighted by Crippen LogP contribution is 2.42. The van der Waals surface area contributed by atoms with Crippen LogP contribution in [0.25, 0.3) is 11.3 Å². The lowest BCUT2D eigenvalue weighted by atomic mass is 10.1. The summed E-state index contributed by atoms with van der Waals surface area (Å²) in [5.74, 6) is 2.42. The second kappa shape index (κ2) is 11.7. The van der Waals surface area contributed by atoms with Crippen molar-refractivity contribution in [2.24, 2.45) is 0 Å². The summed E-state index contributed by atoms with van der Waals surface area (Å²) in [6, 6.07) is 23.0. The number of benzene rings is 3. The minimum Gasteiger partial charge on any atom is -0.493 e. The number of ether oxygens (including phenoxy) is 3. The molecular formula is C27H23ClN4O3S. The van der Waals surface area contributed by atoms with Crippen LogP contribution in [0.4, 0.5) is 11.5 Å². The van der Waals surface area contributed by atoms with Crippen LogP contribution in [0.3, 0.4) is 0 Å². The summed E-state index contributed by atoms with van der Waals surface area (Å²) in [7, 11) is 4.62. The Bertz CT molecular complexity index is 1370. The van der Waals surface area contributed by atoms with E-state index in [9.17, 15) is 5.26 Å². The number of methoxy groups -OCH3 is 3. The van der Waals surface area contributed by atoms with Crippen molar-refractivity contribution in [3.05, 3.63) is 82.9 Å². The molecule has 1 heterocycles. The Kier molecular flexibility index (Phi) is 8.16. The molecule has 0 aliphatic carbocycles. The highest BCUT2D eigenvalue weighted by atomic mass is 35.5. The predicted octanol–water partition coefficient (Wildman–Crippen LogP) is 6.73. The van der Waals surface area contributed by atoms with Gasteiger partial charge in [-0.25, -0.2) is 9.97 Å². The Morgan fingerprint density at radius 1 is 0.917 bits per heavy atom. The zero-order valence-corrected chi connectivity index (χ0v) is 21.5. The number of rotatable bonds is 9. The van der Waals surface area contributed by atoms with Crippen LogP contribution < -0.4 is 19.5 Å². The van der Waals surface area contributed by atoms with Crippen LogP contribution in [-0.4, -0.2) is 31.3 Å². The Hall–Kier alpha value is -3.93. The van der Waals surface area contributed by atoms with Gasteiger partial charge in [-0.2, -0.15) is 5.26 Å². The fourth-order valence-electron chi connectivity index (χ4n) is 3.52. The maximum Gasteiger partial charge on any atom is 0.203 e. The van der Waals surface area contributed by atoms with Crippen molar-refractivity contribution in [2.45, 2.75) is 10.9 Å². The number of hydrogen-bond acceptors (Lipinski definition) is 8. The number of hydrogen-bond donors (Lipinski definition) is 1. The third-order valence-electron chi connectivity index (χ3n) is 5.26. The molecule has 0 aliphatic heterocycles. The van der Waals surface area contributed by atoms with E-state index in [2.05, 4.69) is 16.4 Å². The van der Waals surface area contributed by atoms with Gasteiger partial charge in [0.2, 0.25) is 5.75 Å². The lowest BCUT2D eigenvalue weighted by molar-refractivity contribution is 0.324. The summed E-state index contributed by atoms with van der Waals surface area (Å²) in [5.41, 5.74) is 3.23. The zero-order valence-electron chi connectivity index (χ0n) is 19.9. The minimum absolute atomic E-state index is 0.281. The number of nitriles is 1. The first kappa shape index (κ1) is 25.2. The molecule has 4 rings (SSSR count). The van der Waals surface area contributed by atoms with Gasteiger partial charge in [-0.1, -0.05) is 53.7 Å². The Morgan fingerprint density at radius 3 is 2.17 bits per heavy atom. The van der Waals surface area contributed by atoms with E-state index in [-0.39, 0.29) is 5.56 Å². The normalized spacial score (nSPS) is 10.4. The second-order valence-corrected chi connectivity index (χ2v) is 8.89. The van der Waals surface area contributed by atoms with Gasteiger partial charge >= 0.3 is 0 Å². The first-order valence-electron chi connectivity index (χ1n) is 10.9. The Labute approximate surface area is 219 Å². The molecule has 9 heteroatoms.